The predicted molar refractivity (Wildman–Crippen MR) is 93.1 cm³/mol. The number of aromatic nitrogens is 2. The number of nitrogens with one attached hydrogen (secondary N) is 1. The van der Waals surface area contributed by atoms with Gasteiger partial charge in [-0.1, -0.05) is 53.7 Å². The van der Waals surface area contributed by atoms with Gasteiger partial charge in [0.1, 0.15) is 0 Å². The van der Waals surface area contributed by atoms with Gasteiger partial charge < -0.3 is 0 Å². The molecular weight excluding hydrogens is 348 g/mol. The fourth-order valence-electron chi connectivity index (χ4n) is 1.58. The summed E-state index contributed by atoms with van der Waals surface area (Å²) < 4.78 is 1.05. The molecule has 0 aliphatic heterocycles. The normalized spacial score (nSPS) is 11.3. The summed E-state index contributed by atoms with van der Waals surface area (Å²) >= 11 is 5.05. The van der Waals surface area contributed by atoms with E-state index in [1.165, 1.54) is 0 Å². The quantitative estimate of drug-likeness (QED) is 0.367. The van der Waals surface area contributed by atoms with Crippen LogP contribution in [0.5, 0.6) is 0 Å². The molecule has 4 nitrogen and oxygen atoms in total. The van der Waals surface area contributed by atoms with Crippen LogP contribution < -0.4 is 5.43 Å². The summed E-state index contributed by atoms with van der Waals surface area (Å²) in [5.41, 5.74) is 4.90. The first-order chi connectivity index (χ1) is 10.0. The summed E-state index contributed by atoms with van der Waals surface area (Å²) in [4.78, 5) is 8.84. The maximum atomic E-state index is 4.44. The maximum absolute atomic E-state index is 4.44. The number of nitrogens with zero attached hydrogens (tertiary/aromatic N) is 3. The number of benzene rings is 1. The Kier molecular flexibility index (Phi) is 5.76. The van der Waals surface area contributed by atoms with Gasteiger partial charge >= 0.3 is 0 Å². The van der Waals surface area contributed by atoms with Crippen LogP contribution in [-0.4, -0.2) is 21.4 Å². The van der Waals surface area contributed by atoms with Crippen LogP contribution in [0.15, 0.2) is 45.1 Å². The zero-order chi connectivity index (χ0) is 15.2. The van der Waals surface area contributed by atoms with Gasteiger partial charge in [0, 0.05) is 21.5 Å². The molecule has 0 atom stereocenters. The topological polar surface area (TPSA) is 50.2 Å². The van der Waals surface area contributed by atoms with Crippen molar-refractivity contribution in [1.29, 1.82) is 0 Å². The van der Waals surface area contributed by atoms with Gasteiger partial charge in [-0.15, -0.1) is 0 Å². The lowest BCUT2D eigenvalue weighted by atomic mass is 10.2. The first-order valence-corrected chi connectivity index (χ1v) is 8.27. The summed E-state index contributed by atoms with van der Waals surface area (Å²) in [7, 11) is 0. The fourth-order valence-corrected chi connectivity index (χ4v) is 2.62. The molecule has 2 rings (SSSR count). The minimum Gasteiger partial charge on any atom is -0.261 e. The van der Waals surface area contributed by atoms with Crippen LogP contribution in [0.1, 0.15) is 25.1 Å². The van der Waals surface area contributed by atoms with E-state index in [1.54, 1.807) is 18.0 Å². The Balaban J connectivity index is 2.05. The molecule has 0 saturated carbocycles. The Morgan fingerprint density at radius 2 is 1.95 bits per heavy atom. The molecule has 0 radical (unpaired) electrons. The first kappa shape index (κ1) is 16.0. The van der Waals surface area contributed by atoms with Gasteiger partial charge in [0.15, 0.2) is 11.0 Å². The second kappa shape index (κ2) is 7.56. The third-order valence-electron chi connectivity index (χ3n) is 2.44. The van der Waals surface area contributed by atoms with E-state index in [0.717, 1.165) is 20.9 Å². The van der Waals surface area contributed by atoms with E-state index in [1.807, 2.05) is 37.3 Å². The number of hydrogen-bond acceptors (Lipinski definition) is 5. The molecule has 0 bridgehead atoms. The molecule has 110 valence electrons. The third kappa shape index (κ3) is 5.47. The van der Waals surface area contributed by atoms with Crippen LogP contribution in [0.3, 0.4) is 0 Å². The lowest BCUT2D eigenvalue weighted by Gasteiger charge is -2.06. The molecule has 0 aliphatic carbocycles. The maximum Gasteiger partial charge on any atom is 0.190 e. The summed E-state index contributed by atoms with van der Waals surface area (Å²) in [5, 5.41) is 5.43. The van der Waals surface area contributed by atoms with Crippen LogP contribution in [0.4, 0.5) is 5.82 Å². The molecule has 0 spiro atoms. The Labute approximate surface area is 137 Å². The van der Waals surface area contributed by atoms with E-state index in [0.29, 0.717) is 11.1 Å². The molecule has 0 unspecified atom stereocenters. The lowest BCUT2D eigenvalue weighted by Crippen LogP contribution is -2.00. The average Bonchev–Trinajstić information content (AvgIpc) is 2.39. The Hall–Kier alpha value is -1.40. The van der Waals surface area contributed by atoms with Crippen molar-refractivity contribution >= 4 is 39.7 Å². The van der Waals surface area contributed by atoms with Crippen LogP contribution in [0.2, 0.25) is 0 Å². The van der Waals surface area contributed by atoms with E-state index in [2.05, 4.69) is 50.3 Å². The van der Waals surface area contributed by atoms with Gasteiger partial charge in [-0.3, -0.25) is 5.43 Å². The molecule has 1 heterocycles. The van der Waals surface area contributed by atoms with Crippen LogP contribution >= 0.6 is 27.7 Å². The number of halogens is 1. The monoisotopic (exact) mass is 364 g/mol. The summed E-state index contributed by atoms with van der Waals surface area (Å²) in [6.45, 7) is 6.19. The SMILES string of the molecule is Cc1cc(N/N=C\c2ccc(Br)cc2)nc(SC(C)C)n1. The molecular formula is C15H17BrN4S. The summed E-state index contributed by atoms with van der Waals surface area (Å²) in [6, 6.07) is 9.81. The Bertz CT molecular complexity index is 626. The zero-order valence-corrected chi connectivity index (χ0v) is 14.6. The van der Waals surface area contributed by atoms with Gasteiger partial charge in [0.25, 0.3) is 0 Å². The van der Waals surface area contributed by atoms with Crippen LogP contribution in [0.25, 0.3) is 0 Å². The number of hydrazone groups is 1. The average molecular weight is 365 g/mol. The molecule has 0 amide bonds. The lowest BCUT2D eigenvalue weighted by molar-refractivity contribution is 0.922. The molecule has 0 saturated heterocycles. The highest BCUT2D eigenvalue weighted by molar-refractivity contribution is 9.10. The highest BCUT2D eigenvalue weighted by atomic mass is 79.9. The second-order valence-electron chi connectivity index (χ2n) is 4.77. The molecule has 1 aromatic carbocycles. The summed E-state index contributed by atoms with van der Waals surface area (Å²) in [6.07, 6.45) is 1.76. The van der Waals surface area contributed by atoms with E-state index in [-0.39, 0.29) is 0 Å². The molecule has 21 heavy (non-hydrogen) atoms. The van der Waals surface area contributed by atoms with Crippen LogP contribution in [-0.2, 0) is 0 Å². The second-order valence-corrected chi connectivity index (χ2v) is 7.22. The number of thioether (sulfide) groups is 1. The van der Waals surface area contributed by atoms with Crippen molar-refractivity contribution in [1.82, 2.24) is 9.97 Å². The number of hydrogen-bond donors (Lipinski definition) is 1. The zero-order valence-electron chi connectivity index (χ0n) is 12.2. The molecule has 0 aliphatic rings. The van der Waals surface area contributed by atoms with E-state index in [4.69, 9.17) is 0 Å². The van der Waals surface area contributed by atoms with E-state index < -0.39 is 0 Å². The Morgan fingerprint density at radius 3 is 2.62 bits per heavy atom. The Morgan fingerprint density at radius 1 is 1.24 bits per heavy atom. The highest BCUT2D eigenvalue weighted by Gasteiger charge is 2.04. The molecule has 2 aromatic rings. The predicted octanol–water partition coefficient (Wildman–Crippen LogP) is 4.49. The van der Waals surface area contributed by atoms with Crippen molar-refractivity contribution in [3.63, 3.8) is 0 Å². The van der Waals surface area contributed by atoms with Gasteiger partial charge in [-0.05, 0) is 24.6 Å². The number of anilines is 1. The molecule has 6 heteroatoms. The van der Waals surface area contributed by atoms with Crippen molar-refractivity contribution in [2.75, 3.05) is 5.43 Å². The number of aryl methyl sites for hydroxylation is 1. The number of rotatable bonds is 5. The van der Waals surface area contributed by atoms with Gasteiger partial charge in [0.05, 0.1) is 6.21 Å². The van der Waals surface area contributed by atoms with Gasteiger partial charge in [-0.25, -0.2) is 9.97 Å². The van der Waals surface area contributed by atoms with Gasteiger partial charge in [-0.2, -0.15) is 5.10 Å². The third-order valence-corrected chi connectivity index (χ3v) is 3.83. The summed E-state index contributed by atoms with van der Waals surface area (Å²) in [5.74, 6) is 0.707. The minimum absolute atomic E-state index is 0.450. The van der Waals surface area contributed by atoms with Crippen molar-refractivity contribution in [2.45, 2.75) is 31.2 Å². The molecule has 1 N–H and O–H groups in total. The minimum atomic E-state index is 0.450. The molecule has 1 aromatic heterocycles. The highest BCUT2D eigenvalue weighted by Crippen LogP contribution is 2.20. The van der Waals surface area contributed by atoms with Crippen molar-refractivity contribution in [3.05, 3.63) is 46.1 Å². The molecule has 0 fully saturated rings. The largest absolute Gasteiger partial charge is 0.261 e. The smallest absolute Gasteiger partial charge is 0.190 e. The van der Waals surface area contributed by atoms with Gasteiger partial charge in [0.2, 0.25) is 0 Å². The first-order valence-electron chi connectivity index (χ1n) is 6.60. The van der Waals surface area contributed by atoms with Crippen molar-refractivity contribution in [3.8, 4) is 0 Å². The fraction of sp³-hybridized carbons (Fsp3) is 0.267. The van der Waals surface area contributed by atoms with E-state index in [9.17, 15) is 0 Å². The van der Waals surface area contributed by atoms with E-state index >= 15 is 0 Å². The van der Waals surface area contributed by atoms with Crippen LogP contribution in [0, 0.1) is 6.92 Å². The standard InChI is InChI=1S/C15H17BrN4S/c1-10(2)21-15-18-11(3)8-14(19-15)20-17-9-12-4-6-13(16)7-5-12/h4-10H,1-3H3,(H,18,19,20)/b17-9-. The van der Waals surface area contributed by atoms with Crippen molar-refractivity contribution in [2.24, 2.45) is 5.10 Å². The van der Waals surface area contributed by atoms with Crippen molar-refractivity contribution < 1.29 is 0 Å².